The second-order valence-corrected chi connectivity index (χ2v) is 26.0. The van der Waals surface area contributed by atoms with E-state index in [0.29, 0.717) is 10.5 Å². The SMILES string of the molecule is CCC(C)[C@H](NC(=O)[C@@H](CCCNC(=N)N)NC(=O)[C@@](CC(C)C)(C(=O)[C@@H](N)Cc1cccc(O)c1)N(C(=O)[C@H](CC(C)C)NC(=O)[C@@H](CC(C)C)NCc1cccnc1)C(=O)[C@@H](N)[C@H](O)C(C)C)C(=O)N[C@H](C(=O)NCC(=O)N(C(=O)[C@@H](N)[C@H](O)C(N)=O)[C@@H](CO)C(=O)O)[C@H](C)O. The van der Waals surface area contributed by atoms with E-state index in [1.54, 1.807) is 45.3 Å². The van der Waals surface area contributed by atoms with Gasteiger partial charge in [0.2, 0.25) is 47.3 Å². The van der Waals surface area contributed by atoms with Gasteiger partial charge in [0.25, 0.3) is 11.8 Å². The van der Waals surface area contributed by atoms with Crippen molar-refractivity contribution >= 4 is 76.8 Å². The minimum atomic E-state index is -3.18. The molecular formula is C64H104N16O18. The topological polar surface area (TPSA) is 584 Å². The zero-order valence-corrected chi connectivity index (χ0v) is 57.5. The number of amides is 10. The summed E-state index contributed by atoms with van der Waals surface area (Å²) in [5, 5.41) is 88.5. The lowest BCUT2D eigenvalue weighted by molar-refractivity contribution is -0.169. The van der Waals surface area contributed by atoms with Crippen molar-refractivity contribution in [2.24, 2.45) is 58.3 Å². The Hall–Kier alpha value is -8.64. The molecule has 0 radical (unpaired) electrons. The van der Waals surface area contributed by atoms with E-state index >= 15 is 24.0 Å². The van der Waals surface area contributed by atoms with Crippen LogP contribution in [-0.2, 0) is 70.5 Å². The average molecular weight is 1390 g/mol. The summed E-state index contributed by atoms with van der Waals surface area (Å²) < 4.78 is 0. The number of guanidine groups is 1. The van der Waals surface area contributed by atoms with Gasteiger partial charge < -0.3 is 96.5 Å². The van der Waals surface area contributed by atoms with Gasteiger partial charge in [-0.1, -0.05) is 93.9 Å². The van der Waals surface area contributed by atoms with Crippen LogP contribution in [0.4, 0.5) is 0 Å². The Morgan fingerprint density at radius 1 is 0.684 bits per heavy atom. The molecule has 34 heteroatoms. The molecule has 1 aromatic heterocycles. The third-order valence-electron chi connectivity index (χ3n) is 16.0. The number of aliphatic carboxylic acids is 1. The van der Waals surface area contributed by atoms with Crippen LogP contribution in [0.5, 0.6) is 5.75 Å². The molecule has 0 aliphatic carbocycles. The number of pyridine rings is 1. The summed E-state index contributed by atoms with van der Waals surface area (Å²) in [5.74, 6) is -20.9. The molecule has 0 saturated heterocycles. The van der Waals surface area contributed by atoms with Gasteiger partial charge in [0.15, 0.2) is 29.4 Å². The lowest BCUT2D eigenvalue weighted by atomic mass is 9.77. The van der Waals surface area contributed by atoms with Crippen LogP contribution in [0, 0.1) is 35.0 Å². The Morgan fingerprint density at radius 3 is 1.79 bits per heavy atom. The number of nitrogens with zero attached hydrogens (tertiary/aromatic N) is 3. The predicted molar refractivity (Wildman–Crippen MR) is 356 cm³/mol. The van der Waals surface area contributed by atoms with E-state index in [4.69, 9.17) is 34.1 Å². The number of phenols is 1. The molecule has 1 unspecified atom stereocenters. The summed E-state index contributed by atoms with van der Waals surface area (Å²) in [7, 11) is 0. The minimum Gasteiger partial charge on any atom is -0.508 e. The van der Waals surface area contributed by atoms with E-state index in [-0.39, 0.29) is 60.9 Å². The Labute approximate surface area is 570 Å². The highest BCUT2D eigenvalue weighted by atomic mass is 16.4. The summed E-state index contributed by atoms with van der Waals surface area (Å²) in [6.07, 6.45) is -4.67. The number of aromatic hydroxyl groups is 1. The first-order valence-electron chi connectivity index (χ1n) is 32.4. The molecule has 0 fully saturated rings. The van der Waals surface area contributed by atoms with Crippen LogP contribution in [0.2, 0.25) is 0 Å². The van der Waals surface area contributed by atoms with Crippen molar-refractivity contribution in [2.75, 3.05) is 19.7 Å². The highest BCUT2D eigenvalue weighted by Crippen LogP contribution is 2.33. The van der Waals surface area contributed by atoms with Gasteiger partial charge >= 0.3 is 5.97 Å². The number of Topliss-reactive ketones (excluding diaryl/α,β-unsaturated/α-hetero) is 1. The zero-order valence-electron chi connectivity index (χ0n) is 57.5. The Balaban J connectivity index is 3.06. The first-order chi connectivity index (χ1) is 45.7. The van der Waals surface area contributed by atoms with Gasteiger partial charge in [0.1, 0.15) is 42.0 Å². The van der Waals surface area contributed by atoms with Gasteiger partial charge in [-0.05, 0) is 104 Å². The van der Waals surface area contributed by atoms with Gasteiger partial charge in [-0.3, -0.25) is 72.9 Å². The van der Waals surface area contributed by atoms with Crippen LogP contribution >= 0.6 is 0 Å². The number of ketones is 1. The largest absolute Gasteiger partial charge is 0.508 e. The fourth-order valence-corrected chi connectivity index (χ4v) is 10.6. The van der Waals surface area contributed by atoms with E-state index in [1.165, 1.54) is 58.9 Å². The number of hydrogen-bond donors (Lipinski definition) is 19. The lowest BCUT2D eigenvalue weighted by Gasteiger charge is -2.45. The number of nitrogens with two attached hydrogens (primary N) is 5. The van der Waals surface area contributed by atoms with Crippen molar-refractivity contribution in [3.05, 3.63) is 59.9 Å². The van der Waals surface area contributed by atoms with Crippen molar-refractivity contribution in [3.63, 3.8) is 0 Å². The maximum Gasteiger partial charge on any atom is 0.329 e. The third kappa shape index (κ3) is 25.0. The molecular weight excluding hydrogens is 1280 g/mol. The van der Waals surface area contributed by atoms with E-state index in [1.807, 2.05) is 19.2 Å². The average Bonchev–Trinajstić information content (AvgIpc) is 0.740. The van der Waals surface area contributed by atoms with Crippen LogP contribution in [0.15, 0.2) is 48.8 Å². The third-order valence-corrected chi connectivity index (χ3v) is 16.0. The van der Waals surface area contributed by atoms with Gasteiger partial charge in [-0.15, -0.1) is 0 Å². The molecule has 14 atom stereocenters. The number of aliphatic hydroxyl groups excluding tert-OH is 4. The van der Waals surface area contributed by atoms with Crippen LogP contribution in [-0.4, -0.2) is 220 Å². The molecule has 1 aromatic carbocycles. The number of nitrogens with one attached hydrogen (secondary N) is 8. The zero-order chi connectivity index (χ0) is 74.8. The van der Waals surface area contributed by atoms with Gasteiger partial charge in [-0.2, -0.15) is 0 Å². The molecule has 548 valence electrons. The molecule has 2 aromatic rings. The van der Waals surface area contributed by atoms with Crippen molar-refractivity contribution in [1.29, 1.82) is 5.41 Å². The summed E-state index contributed by atoms with van der Waals surface area (Å²) >= 11 is 0. The highest BCUT2D eigenvalue weighted by molar-refractivity contribution is 6.20. The van der Waals surface area contributed by atoms with Crippen LogP contribution in [0.3, 0.4) is 0 Å². The number of benzene rings is 1. The molecule has 98 heavy (non-hydrogen) atoms. The highest BCUT2D eigenvalue weighted by Gasteiger charge is 2.59. The van der Waals surface area contributed by atoms with E-state index < -0.39 is 211 Å². The Kier molecular flexibility index (Phi) is 35.1. The number of carboxylic acids is 1. The van der Waals surface area contributed by atoms with Gasteiger partial charge in [-0.25, -0.2) is 4.79 Å². The van der Waals surface area contributed by atoms with Gasteiger partial charge in [0, 0.05) is 25.5 Å². The summed E-state index contributed by atoms with van der Waals surface area (Å²) in [5.41, 5.74) is 27.5. The Morgan fingerprint density at radius 2 is 1.28 bits per heavy atom. The summed E-state index contributed by atoms with van der Waals surface area (Å²) in [4.78, 5) is 178. The predicted octanol–water partition coefficient (Wildman–Crippen LogP) is -4.32. The fraction of sp³-hybridized carbons (Fsp3) is 0.625. The monoisotopic (exact) mass is 1380 g/mol. The number of carbonyl (C=O) groups is 12. The first-order valence-corrected chi connectivity index (χ1v) is 32.4. The number of carboxylic acid groups (broad SMARTS) is 1. The molecule has 34 nitrogen and oxygen atoms in total. The van der Waals surface area contributed by atoms with E-state index in [0.717, 1.165) is 6.92 Å². The smallest absolute Gasteiger partial charge is 0.329 e. The number of rotatable bonds is 42. The van der Waals surface area contributed by atoms with Crippen LogP contribution in [0.1, 0.15) is 126 Å². The summed E-state index contributed by atoms with van der Waals surface area (Å²) in [6, 6.07) is -8.07. The minimum absolute atomic E-state index is 0.0850. The van der Waals surface area contributed by atoms with Crippen molar-refractivity contribution in [3.8, 4) is 5.75 Å². The molecule has 0 aliphatic rings. The molecule has 10 amide bonds. The van der Waals surface area contributed by atoms with Gasteiger partial charge in [0.05, 0.1) is 37.4 Å². The van der Waals surface area contributed by atoms with Crippen molar-refractivity contribution in [1.82, 2.24) is 52.0 Å². The second kappa shape index (κ2) is 40.3. The summed E-state index contributed by atoms with van der Waals surface area (Å²) in [6.45, 7) is 14.6. The van der Waals surface area contributed by atoms with E-state index in [9.17, 15) is 64.2 Å². The fourth-order valence-electron chi connectivity index (χ4n) is 10.6. The van der Waals surface area contributed by atoms with Crippen LogP contribution < -0.4 is 65.9 Å². The number of phenolic OH excluding ortho intramolecular Hbond substituents is 1. The maximum atomic E-state index is 16.4. The van der Waals surface area contributed by atoms with Crippen molar-refractivity contribution < 1.29 is 88.2 Å². The molecule has 2 rings (SSSR count). The molecule has 0 aliphatic heterocycles. The first kappa shape index (κ1) is 85.4. The normalized spacial score (nSPS) is 16.1. The Bertz CT molecular complexity index is 3070. The number of hydrogen-bond acceptors (Lipinski definition) is 23. The standard InChI is InChI=1S/C64H104N16O18/c1-12-35(10)48(57(92)78-49(36(11)82)56(91)74-29-45(84)79(44(30-81)61(96)97)59(94)47(67)51(86)53(68)88)77-54(89)41(19-15-21-72-63(69)70)76-62(98)64(26-33(6)7,52(87)40(65)25-37-16-13-18-39(83)24-37)80(60(95)46(66)50(85)34(8)9)58(93)43(23-32(4)5)75-55(90)42(22-31(2)3)73-28-38-17-14-20-71-27-38/h13-14,16-18,20,24,27,31-36,40-44,46-51,73,81-83,85-86H,12,15,19,21-23,25-26,28-30,65-67H2,1-11H3,(H2,68,88)(H,74,91)(H,75,90)(H,76,98)(H,77,89)(H,78,92)(H,96,97)(H4,69,70,72)/t35?,36-,40-,41+,42+,43-,44-,46-,47-,48-,49-,50+,51-,64+/m0/s1. The number of imide groups is 2. The number of aromatic nitrogens is 1. The molecule has 0 saturated carbocycles. The molecule has 24 N–H and O–H groups in total. The molecule has 0 spiro atoms. The number of carbonyl (C=O) groups excluding carboxylic acids is 11. The second-order valence-electron chi connectivity index (χ2n) is 26.0. The number of primary amides is 1. The molecule has 1 heterocycles. The number of aliphatic hydroxyl groups is 4. The quantitative estimate of drug-likeness (QED) is 0.0129. The van der Waals surface area contributed by atoms with Crippen LogP contribution in [0.25, 0.3) is 0 Å². The van der Waals surface area contributed by atoms with E-state index in [2.05, 4.69) is 36.9 Å². The van der Waals surface area contributed by atoms with Crippen molar-refractivity contribution in [2.45, 2.75) is 206 Å². The molecule has 0 bridgehead atoms. The lowest BCUT2D eigenvalue weighted by Crippen LogP contribution is -2.75. The maximum absolute atomic E-state index is 16.4.